The van der Waals surface area contributed by atoms with Crippen LogP contribution >= 0.6 is 0 Å². The molecule has 31 heavy (non-hydrogen) atoms. The molecular weight excluding hydrogens is 814 g/mol. The number of hydrogen-bond acceptors (Lipinski definition) is 0. The summed E-state index contributed by atoms with van der Waals surface area (Å²) < 4.78 is 0. The van der Waals surface area contributed by atoms with Gasteiger partial charge in [0.05, 0.1) is 0 Å². The van der Waals surface area contributed by atoms with Gasteiger partial charge in [0, 0.05) is 175 Å². The van der Waals surface area contributed by atoms with E-state index >= 15 is 0 Å². The van der Waals surface area contributed by atoms with Gasteiger partial charge in [0.15, 0.2) is 0 Å². The maximum atomic E-state index is 2.55. The van der Waals surface area contributed by atoms with Gasteiger partial charge in [-0.05, 0) is 51.6 Å². The fourth-order valence-electron chi connectivity index (χ4n) is 5.74. The molecule has 0 heterocycles. The van der Waals surface area contributed by atoms with Crippen molar-refractivity contribution in [2.24, 2.45) is 5.92 Å². The number of rotatable bonds is 3. The fourth-order valence-corrected chi connectivity index (χ4v) is 5.74. The summed E-state index contributed by atoms with van der Waals surface area (Å²) in [4.78, 5) is 0. The van der Waals surface area contributed by atoms with E-state index in [4.69, 9.17) is 0 Å². The van der Waals surface area contributed by atoms with Crippen LogP contribution < -0.4 is 0 Å². The first-order chi connectivity index (χ1) is 13.3. The minimum Gasteiger partial charge on any atom is -0.328 e. The molecule has 0 aliphatic heterocycles. The summed E-state index contributed by atoms with van der Waals surface area (Å²) in [6.07, 6.45) is 16.9. The van der Waals surface area contributed by atoms with Gasteiger partial charge in [-0.15, -0.1) is 0 Å². The average Bonchev–Trinajstić information content (AvgIpc) is 3.01. The number of benzene rings is 2. The Labute approximate surface area is 326 Å². The van der Waals surface area contributed by atoms with E-state index in [9.17, 15) is 0 Å². The van der Waals surface area contributed by atoms with Gasteiger partial charge in [0.2, 0.25) is 0 Å². The Bertz CT molecular complexity index is 826. The minimum atomic E-state index is 0. The van der Waals surface area contributed by atoms with Gasteiger partial charge < -0.3 is 12.8 Å². The van der Waals surface area contributed by atoms with Gasteiger partial charge in [0.1, 0.15) is 0 Å². The minimum absolute atomic E-state index is 0. The standard InChI is InChI=1S/C27H32.Ra.Rb.2Y/c1-19-26-17-21(16-20-8-4-2-5-9-20)12-14-24(26)25-15-13-23(18-27(19)25)22-10-6-3-7-11-22;;;;/h2-3,12-15,17-20,22H,4-11,16H2,1H3;;;;/q-2;;;;. The molecule has 0 spiro atoms. The molecule has 0 N–H and O–H groups in total. The van der Waals surface area contributed by atoms with Crippen LogP contribution in [0.1, 0.15) is 92.4 Å². The van der Waals surface area contributed by atoms with Gasteiger partial charge in [-0.25, -0.2) is 0 Å². The monoisotopic (exact) mass is 845 g/mol. The van der Waals surface area contributed by atoms with Crippen LogP contribution in [-0.4, -0.2) is 58.2 Å². The first-order valence-electron chi connectivity index (χ1n) is 11.2. The Balaban J connectivity index is 0.00000120. The van der Waals surface area contributed by atoms with Gasteiger partial charge in [-0.3, -0.25) is 0 Å². The SMILES string of the molecule is CC1c2cc(CC3CC[CH-]CC3)ccc2-c2ccc(C3CC[CH-]CC3)cc21.[Ra].[Rb].[Y].[Y]. The van der Waals surface area contributed by atoms with Gasteiger partial charge in [-0.1, -0.05) is 69.0 Å². The maximum Gasteiger partial charge on any atom is 0.00735 e. The smallest absolute Gasteiger partial charge is 0.00735 e. The van der Waals surface area contributed by atoms with Gasteiger partial charge in [0.25, 0.3) is 0 Å². The van der Waals surface area contributed by atoms with Crippen LogP contribution in [0.3, 0.4) is 0 Å². The van der Waals surface area contributed by atoms with Crippen molar-refractivity contribution in [2.45, 2.75) is 76.5 Å². The van der Waals surface area contributed by atoms with Crippen molar-refractivity contribution in [3.05, 3.63) is 71.5 Å². The molecular formula is C27H32RaRbY2-2. The molecule has 0 bridgehead atoms. The van der Waals surface area contributed by atoms with Crippen molar-refractivity contribution < 1.29 is 110 Å². The van der Waals surface area contributed by atoms with Crippen LogP contribution in [0.15, 0.2) is 36.4 Å². The summed E-state index contributed by atoms with van der Waals surface area (Å²) in [5.41, 5.74) is 9.26. The predicted molar refractivity (Wildman–Crippen MR) is 121 cm³/mol. The van der Waals surface area contributed by atoms with Crippen LogP contribution in [0.4, 0.5) is 0 Å². The van der Waals surface area contributed by atoms with Crippen LogP contribution in [0.25, 0.3) is 11.1 Å². The molecule has 5 rings (SSSR count). The van der Waals surface area contributed by atoms with Crippen molar-refractivity contribution in [1.29, 1.82) is 0 Å². The third-order valence-electron chi connectivity index (χ3n) is 7.41. The average molecular weight is 846 g/mol. The fraction of sp³-hybridized carbons (Fsp3) is 0.481. The van der Waals surface area contributed by atoms with E-state index in [1.165, 1.54) is 68.9 Å². The molecule has 3 aliphatic carbocycles. The van der Waals surface area contributed by atoms with E-state index < -0.39 is 0 Å². The van der Waals surface area contributed by atoms with E-state index in [0.29, 0.717) is 5.92 Å². The maximum absolute atomic E-state index is 2.55. The topological polar surface area (TPSA) is 0 Å². The number of fused-ring (bicyclic) bond motifs is 3. The quantitative estimate of drug-likeness (QED) is 0.287. The number of hydrogen-bond donors (Lipinski definition) is 0. The van der Waals surface area contributed by atoms with Crippen LogP contribution in [0, 0.1) is 63.8 Å². The Morgan fingerprint density at radius 3 is 1.97 bits per heavy atom. The Morgan fingerprint density at radius 2 is 1.32 bits per heavy atom. The Kier molecular flexibility index (Phi) is 17.0. The zero-order valence-electron chi connectivity index (χ0n) is 19.6. The molecule has 2 saturated carbocycles. The molecule has 0 saturated heterocycles. The Hall–Kier alpha value is 3.92. The third-order valence-corrected chi connectivity index (χ3v) is 7.41. The van der Waals surface area contributed by atoms with E-state index in [1.54, 1.807) is 22.3 Å². The van der Waals surface area contributed by atoms with E-state index in [0.717, 1.165) is 11.8 Å². The molecule has 2 aromatic carbocycles. The zero-order chi connectivity index (χ0) is 18.2. The Morgan fingerprint density at radius 1 is 0.774 bits per heavy atom. The van der Waals surface area contributed by atoms with E-state index in [-0.39, 0.29) is 169 Å². The summed E-state index contributed by atoms with van der Waals surface area (Å²) >= 11 is 0. The normalized spacial score (nSPS) is 20.2. The molecule has 0 aromatic heterocycles. The molecule has 2 fully saturated rings. The van der Waals surface area contributed by atoms with Crippen LogP contribution in [0.2, 0.25) is 0 Å². The molecule has 2 aromatic rings. The molecule has 5 radical (unpaired) electrons. The second-order valence-corrected chi connectivity index (χ2v) is 9.14. The van der Waals surface area contributed by atoms with Crippen molar-refractivity contribution in [1.82, 2.24) is 0 Å². The van der Waals surface area contributed by atoms with Crippen molar-refractivity contribution >= 4 is 58.2 Å². The summed E-state index contributed by atoms with van der Waals surface area (Å²) in [5.74, 6) is 2.21. The molecule has 3 aliphatic rings. The summed E-state index contributed by atoms with van der Waals surface area (Å²) in [6, 6.07) is 14.7. The molecule has 1 atom stereocenters. The van der Waals surface area contributed by atoms with E-state index in [2.05, 4.69) is 56.2 Å². The summed E-state index contributed by atoms with van der Waals surface area (Å²) in [7, 11) is 0. The van der Waals surface area contributed by atoms with Gasteiger partial charge >= 0.3 is 0 Å². The van der Waals surface area contributed by atoms with Crippen molar-refractivity contribution in [2.75, 3.05) is 0 Å². The van der Waals surface area contributed by atoms with E-state index in [1.807, 2.05) is 0 Å². The van der Waals surface area contributed by atoms with Crippen LogP contribution in [0.5, 0.6) is 0 Å². The van der Waals surface area contributed by atoms with Crippen molar-refractivity contribution in [3.63, 3.8) is 0 Å². The predicted octanol–water partition coefficient (Wildman–Crippen LogP) is 7.23. The molecule has 0 amide bonds. The second kappa shape index (κ2) is 16.0. The summed E-state index contributed by atoms with van der Waals surface area (Å²) in [6.45, 7) is 2.42. The van der Waals surface area contributed by atoms with Gasteiger partial charge in [-0.2, -0.15) is 25.7 Å². The molecule has 4 heteroatoms. The van der Waals surface area contributed by atoms with Crippen molar-refractivity contribution in [3.8, 4) is 11.1 Å². The first-order valence-corrected chi connectivity index (χ1v) is 11.2. The van der Waals surface area contributed by atoms with Crippen LogP contribution in [-0.2, 0) is 71.8 Å². The first kappa shape index (κ1) is 32.9. The largest absolute Gasteiger partial charge is 0.328 e. The molecule has 0 nitrogen and oxygen atoms in total. The zero-order valence-corrected chi connectivity index (χ0v) is 36.0. The second-order valence-electron chi connectivity index (χ2n) is 9.14. The third kappa shape index (κ3) is 7.95. The summed E-state index contributed by atoms with van der Waals surface area (Å²) in [5, 5.41) is 0. The molecule has 151 valence electrons. The molecule has 1 unspecified atom stereocenters.